The van der Waals surface area contributed by atoms with Gasteiger partial charge in [-0.1, -0.05) is 0 Å². The summed E-state index contributed by atoms with van der Waals surface area (Å²) in [6, 6.07) is 9.68. The van der Waals surface area contributed by atoms with Crippen LogP contribution in [0.25, 0.3) is 0 Å². The van der Waals surface area contributed by atoms with Crippen molar-refractivity contribution >= 4 is 11.8 Å². The number of nitriles is 1. The highest BCUT2D eigenvalue weighted by Crippen LogP contribution is 2.20. The number of anilines is 1. The fourth-order valence-electron chi connectivity index (χ4n) is 2.08. The molecule has 1 aliphatic heterocycles. The van der Waals surface area contributed by atoms with E-state index in [1.165, 1.54) is 7.11 Å². The fraction of sp³-hybridized carbons (Fsp3) is 0.385. The minimum atomic E-state index is -0.387. The van der Waals surface area contributed by atoms with Crippen LogP contribution in [0.2, 0.25) is 0 Å². The van der Waals surface area contributed by atoms with E-state index in [9.17, 15) is 4.79 Å². The van der Waals surface area contributed by atoms with Crippen LogP contribution in [0.5, 0.6) is 0 Å². The van der Waals surface area contributed by atoms with E-state index in [1.54, 1.807) is 12.1 Å². The van der Waals surface area contributed by atoms with Crippen molar-refractivity contribution in [3.05, 3.63) is 29.8 Å². The zero-order valence-electron chi connectivity index (χ0n) is 10.2. The molecule has 1 aliphatic rings. The van der Waals surface area contributed by atoms with Crippen LogP contribution in [0.1, 0.15) is 12.0 Å². The standard InChI is InChI=1S/C13H15N3O2/c1-18-13(17)15-11-6-7-16(9-11)12-4-2-10(8-14)3-5-12/h2-5,11H,6-7,9H2,1H3,(H,15,17). The number of hydrogen-bond acceptors (Lipinski definition) is 4. The SMILES string of the molecule is COC(=O)NC1CCN(c2ccc(C#N)cc2)C1. The molecule has 1 unspecified atom stereocenters. The Morgan fingerprint density at radius 1 is 1.50 bits per heavy atom. The zero-order chi connectivity index (χ0) is 13.0. The molecule has 0 bridgehead atoms. The molecule has 1 saturated heterocycles. The van der Waals surface area contributed by atoms with E-state index in [2.05, 4.69) is 21.0 Å². The van der Waals surface area contributed by atoms with E-state index in [4.69, 9.17) is 5.26 Å². The molecule has 1 heterocycles. The second-order valence-electron chi connectivity index (χ2n) is 4.23. The zero-order valence-corrected chi connectivity index (χ0v) is 10.2. The van der Waals surface area contributed by atoms with Gasteiger partial charge in [-0.3, -0.25) is 0 Å². The van der Waals surface area contributed by atoms with Crippen molar-refractivity contribution in [2.75, 3.05) is 25.1 Å². The molecule has 5 heteroatoms. The highest BCUT2D eigenvalue weighted by molar-refractivity contribution is 5.67. The van der Waals surface area contributed by atoms with Gasteiger partial charge in [-0.2, -0.15) is 5.26 Å². The second-order valence-corrected chi connectivity index (χ2v) is 4.23. The first kappa shape index (κ1) is 12.2. The number of nitrogens with one attached hydrogen (secondary N) is 1. The maximum atomic E-state index is 11.1. The van der Waals surface area contributed by atoms with Crippen molar-refractivity contribution in [2.24, 2.45) is 0 Å². The molecule has 1 N–H and O–H groups in total. The molecule has 1 atom stereocenters. The predicted octanol–water partition coefficient (Wildman–Crippen LogP) is 1.49. The lowest BCUT2D eigenvalue weighted by Gasteiger charge is -2.18. The number of benzene rings is 1. The smallest absolute Gasteiger partial charge is 0.407 e. The summed E-state index contributed by atoms with van der Waals surface area (Å²) in [5.74, 6) is 0. The molecular weight excluding hydrogens is 230 g/mol. The van der Waals surface area contributed by atoms with Crippen LogP contribution in [0.15, 0.2) is 24.3 Å². The van der Waals surface area contributed by atoms with Gasteiger partial charge in [-0.05, 0) is 30.7 Å². The van der Waals surface area contributed by atoms with Crippen molar-refractivity contribution in [3.63, 3.8) is 0 Å². The lowest BCUT2D eigenvalue weighted by molar-refractivity contribution is 0.167. The number of carbonyl (C=O) groups excluding carboxylic acids is 1. The molecule has 1 aromatic rings. The van der Waals surface area contributed by atoms with E-state index < -0.39 is 0 Å². The average Bonchev–Trinajstić information content (AvgIpc) is 2.87. The summed E-state index contributed by atoms with van der Waals surface area (Å²) in [7, 11) is 1.36. The first-order valence-electron chi connectivity index (χ1n) is 5.82. The van der Waals surface area contributed by atoms with E-state index in [1.807, 2.05) is 12.1 Å². The number of methoxy groups -OCH3 is 1. The molecule has 0 aliphatic carbocycles. The highest BCUT2D eigenvalue weighted by atomic mass is 16.5. The number of ether oxygens (including phenoxy) is 1. The summed E-state index contributed by atoms with van der Waals surface area (Å²) in [4.78, 5) is 13.3. The fourth-order valence-corrected chi connectivity index (χ4v) is 2.08. The first-order chi connectivity index (χ1) is 8.72. The largest absolute Gasteiger partial charge is 0.453 e. The summed E-state index contributed by atoms with van der Waals surface area (Å²) >= 11 is 0. The van der Waals surface area contributed by atoms with Gasteiger partial charge in [0.25, 0.3) is 0 Å². The van der Waals surface area contributed by atoms with Crippen LogP contribution < -0.4 is 10.2 Å². The molecule has 2 rings (SSSR count). The minimum absolute atomic E-state index is 0.119. The lowest BCUT2D eigenvalue weighted by Crippen LogP contribution is -2.36. The second kappa shape index (κ2) is 5.41. The normalized spacial score (nSPS) is 18.2. The molecule has 5 nitrogen and oxygen atoms in total. The van der Waals surface area contributed by atoms with Crippen LogP contribution in [0.4, 0.5) is 10.5 Å². The molecule has 18 heavy (non-hydrogen) atoms. The summed E-state index contributed by atoms with van der Waals surface area (Å²) in [6.07, 6.45) is 0.511. The van der Waals surface area contributed by atoms with Gasteiger partial charge in [0.2, 0.25) is 0 Å². The number of nitrogens with zero attached hydrogens (tertiary/aromatic N) is 2. The topological polar surface area (TPSA) is 65.4 Å². The Balaban J connectivity index is 1.95. The van der Waals surface area contributed by atoms with Gasteiger partial charge in [0.1, 0.15) is 0 Å². The molecule has 0 aromatic heterocycles. The number of hydrogen-bond donors (Lipinski definition) is 1. The van der Waals surface area contributed by atoms with Crippen LogP contribution in [0.3, 0.4) is 0 Å². The Morgan fingerprint density at radius 2 is 2.22 bits per heavy atom. The Kier molecular flexibility index (Phi) is 3.68. The van der Waals surface area contributed by atoms with Gasteiger partial charge < -0.3 is 15.0 Å². The van der Waals surface area contributed by atoms with E-state index in [0.717, 1.165) is 25.2 Å². The van der Waals surface area contributed by atoms with Gasteiger partial charge in [-0.15, -0.1) is 0 Å². The molecule has 0 saturated carbocycles. The van der Waals surface area contributed by atoms with Crippen LogP contribution in [0, 0.1) is 11.3 Å². The van der Waals surface area contributed by atoms with Crippen LogP contribution >= 0.6 is 0 Å². The van der Waals surface area contributed by atoms with Crippen molar-refractivity contribution in [1.82, 2.24) is 5.32 Å². The monoisotopic (exact) mass is 245 g/mol. The van der Waals surface area contributed by atoms with Crippen molar-refractivity contribution in [2.45, 2.75) is 12.5 Å². The van der Waals surface area contributed by atoms with Gasteiger partial charge >= 0.3 is 6.09 Å². The highest BCUT2D eigenvalue weighted by Gasteiger charge is 2.24. The molecule has 1 amide bonds. The van der Waals surface area contributed by atoms with Gasteiger partial charge in [0, 0.05) is 18.8 Å². The third-order valence-electron chi connectivity index (χ3n) is 3.06. The summed E-state index contributed by atoms with van der Waals surface area (Å²) in [5.41, 5.74) is 1.73. The Morgan fingerprint density at radius 3 is 2.83 bits per heavy atom. The summed E-state index contributed by atoms with van der Waals surface area (Å²) < 4.78 is 4.58. The predicted molar refractivity (Wildman–Crippen MR) is 67.3 cm³/mol. The maximum absolute atomic E-state index is 11.1. The molecular formula is C13H15N3O2. The van der Waals surface area contributed by atoms with Crippen LogP contribution in [-0.4, -0.2) is 32.3 Å². The molecule has 1 fully saturated rings. The molecule has 0 spiro atoms. The van der Waals surface area contributed by atoms with Crippen LogP contribution in [-0.2, 0) is 4.74 Å². The third-order valence-corrected chi connectivity index (χ3v) is 3.06. The lowest BCUT2D eigenvalue weighted by atomic mass is 10.2. The van der Waals surface area contributed by atoms with E-state index in [0.29, 0.717) is 5.56 Å². The number of carbonyl (C=O) groups is 1. The quantitative estimate of drug-likeness (QED) is 0.857. The average molecular weight is 245 g/mol. The van der Waals surface area contributed by atoms with Crippen molar-refractivity contribution in [1.29, 1.82) is 5.26 Å². The van der Waals surface area contributed by atoms with Crippen molar-refractivity contribution in [3.8, 4) is 6.07 Å². The molecule has 1 aromatic carbocycles. The number of rotatable bonds is 2. The Labute approximate surface area is 106 Å². The van der Waals surface area contributed by atoms with Gasteiger partial charge in [0.05, 0.1) is 24.8 Å². The molecule has 0 radical (unpaired) electrons. The van der Waals surface area contributed by atoms with Gasteiger partial charge in [-0.25, -0.2) is 4.79 Å². The minimum Gasteiger partial charge on any atom is -0.453 e. The molecule has 94 valence electrons. The van der Waals surface area contributed by atoms with E-state index in [-0.39, 0.29) is 12.1 Å². The van der Waals surface area contributed by atoms with Crippen molar-refractivity contribution < 1.29 is 9.53 Å². The number of alkyl carbamates (subject to hydrolysis) is 1. The summed E-state index contributed by atoms with van der Waals surface area (Å²) in [5, 5.41) is 11.5. The maximum Gasteiger partial charge on any atom is 0.407 e. The third kappa shape index (κ3) is 2.72. The van der Waals surface area contributed by atoms with E-state index >= 15 is 0 Å². The Hall–Kier alpha value is -2.22. The summed E-state index contributed by atoms with van der Waals surface area (Å²) in [6.45, 7) is 1.65. The number of amides is 1. The van der Waals surface area contributed by atoms with Gasteiger partial charge in [0.15, 0.2) is 0 Å². The Bertz CT molecular complexity index is 464. The first-order valence-corrected chi connectivity index (χ1v) is 5.82.